The molecular formula is C14H25N3O2. The van der Waals surface area contributed by atoms with Gasteiger partial charge in [-0.15, -0.1) is 0 Å². The molecule has 2 fully saturated rings. The third-order valence-electron chi connectivity index (χ3n) is 4.13. The fourth-order valence-corrected chi connectivity index (χ4v) is 2.92. The van der Waals surface area contributed by atoms with Crippen LogP contribution in [0.1, 0.15) is 39.0 Å². The van der Waals surface area contributed by atoms with Gasteiger partial charge in [0.05, 0.1) is 0 Å². The molecule has 0 aromatic rings. The highest BCUT2D eigenvalue weighted by atomic mass is 16.2. The van der Waals surface area contributed by atoms with E-state index < -0.39 is 0 Å². The summed E-state index contributed by atoms with van der Waals surface area (Å²) in [6, 6.07) is 0.355. The Morgan fingerprint density at radius 2 is 1.79 bits per heavy atom. The minimum atomic E-state index is 0.114. The average molecular weight is 267 g/mol. The summed E-state index contributed by atoms with van der Waals surface area (Å²) in [6.45, 7) is 5.57. The van der Waals surface area contributed by atoms with E-state index in [4.69, 9.17) is 0 Å². The van der Waals surface area contributed by atoms with Crippen LogP contribution in [0.2, 0.25) is 0 Å². The van der Waals surface area contributed by atoms with Gasteiger partial charge in [-0.05, 0) is 25.8 Å². The number of nitrogens with one attached hydrogen (secondary N) is 1. The zero-order valence-electron chi connectivity index (χ0n) is 11.9. The van der Waals surface area contributed by atoms with E-state index in [9.17, 15) is 9.59 Å². The standard InChI is InChI=1S/C14H25N3O2/c1-12(18)16-7-4-8-17(10-9-16)14(19)11-13-5-2-3-6-15-13/h13,15H,2-11H2,1H3. The second-order valence-electron chi connectivity index (χ2n) is 5.59. The maximum Gasteiger partial charge on any atom is 0.224 e. The molecule has 2 amide bonds. The Kier molecular flexibility index (Phi) is 5.19. The monoisotopic (exact) mass is 267 g/mol. The normalized spacial score (nSPS) is 25.0. The first-order chi connectivity index (χ1) is 9.16. The van der Waals surface area contributed by atoms with E-state index in [1.165, 1.54) is 12.8 Å². The van der Waals surface area contributed by atoms with E-state index >= 15 is 0 Å². The zero-order valence-corrected chi connectivity index (χ0v) is 11.9. The predicted molar refractivity (Wildman–Crippen MR) is 73.7 cm³/mol. The van der Waals surface area contributed by atoms with Gasteiger partial charge >= 0.3 is 0 Å². The van der Waals surface area contributed by atoms with Crippen molar-refractivity contribution in [3.05, 3.63) is 0 Å². The molecule has 2 rings (SSSR count). The van der Waals surface area contributed by atoms with Crippen molar-refractivity contribution < 1.29 is 9.59 Å². The van der Waals surface area contributed by atoms with Crippen molar-refractivity contribution in [3.63, 3.8) is 0 Å². The Labute approximate surface area is 115 Å². The lowest BCUT2D eigenvalue weighted by Gasteiger charge is -2.27. The van der Waals surface area contributed by atoms with Crippen LogP contribution < -0.4 is 5.32 Å². The van der Waals surface area contributed by atoms with Crippen molar-refractivity contribution in [3.8, 4) is 0 Å². The van der Waals surface area contributed by atoms with Crippen LogP contribution in [0.15, 0.2) is 0 Å². The van der Waals surface area contributed by atoms with E-state index in [0.717, 1.165) is 32.5 Å². The maximum absolute atomic E-state index is 12.3. The molecule has 2 heterocycles. The Morgan fingerprint density at radius 3 is 2.47 bits per heavy atom. The molecule has 0 saturated carbocycles. The quantitative estimate of drug-likeness (QED) is 0.797. The molecule has 5 heteroatoms. The van der Waals surface area contributed by atoms with Crippen LogP contribution in [-0.4, -0.2) is 60.4 Å². The smallest absolute Gasteiger partial charge is 0.224 e. The molecule has 19 heavy (non-hydrogen) atoms. The number of rotatable bonds is 2. The number of hydrogen-bond acceptors (Lipinski definition) is 3. The van der Waals surface area contributed by atoms with E-state index in [1.807, 2.05) is 9.80 Å². The first-order valence-corrected chi connectivity index (χ1v) is 7.43. The molecule has 5 nitrogen and oxygen atoms in total. The first kappa shape index (κ1) is 14.3. The highest BCUT2D eigenvalue weighted by Crippen LogP contribution is 2.13. The lowest BCUT2D eigenvalue weighted by atomic mass is 10.0. The summed E-state index contributed by atoms with van der Waals surface area (Å²) in [4.78, 5) is 27.4. The fraction of sp³-hybridized carbons (Fsp3) is 0.857. The molecule has 108 valence electrons. The molecule has 2 saturated heterocycles. The lowest BCUT2D eigenvalue weighted by Crippen LogP contribution is -2.42. The van der Waals surface area contributed by atoms with Crippen molar-refractivity contribution in [1.29, 1.82) is 0 Å². The van der Waals surface area contributed by atoms with Crippen LogP contribution in [0.5, 0.6) is 0 Å². The third-order valence-corrected chi connectivity index (χ3v) is 4.13. The summed E-state index contributed by atoms with van der Waals surface area (Å²) >= 11 is 0. The molecular weight excluding hydrogens is 242 g/mol. The molecule has 2 aliphatic rings. The van der Waals surface area contributed by atoms with Gasteiger partial charge in [-0.1, -0.05) is 6.42 Å². The number of carbonyl (C=O) groups is 2. The van der Waals surface area contributed by atoms with Crippen molar-refractivity contribution in [1.82, 2.24) is 15.1 Å². The van der Waals surface area contributed by atoms with Crippen LogP contribution >= 0.6 is 0 Å². The van der Waals surface area contributed by atoms with Gasteiger partial charge in [-0.3, -0.25) is 9.59 Å². The number of piperidine rings is 1. The van der Waals surface area contributed by atoms with Gasteiger partial charge in [-0.2, -0.15) is 0 Å². The van der Waals surface area contributed by atoms with Gasteiger partial charge in [0.2, 0.25) is 11.8 Å². The number of amides is 2. The Hall–Kier alpha value is -1.10. The molecule has 0 aromatic carbocycles. The predicted octanol–water partition coefficient (Wildman–Crippen LogP) is 0.599. The van der Waals surface area contributed by atoms with Crippen LogP contribution in [-0.2, 0) is 9.59 Å². The molecule has 0 aromatic heterocycles. The van der Waals surface area contributed by atoms with E-state index in [1.54, 1.807) is 6.92 Å². The first-order valence-electron chi connectivity index (χ1n) is 7.43. The van der Waals surface area contributed by atoms with Gasteiger partial charge in [0.25, 0.3) is 0 Å². The van der Waals surface area contributed by atoms with Crippen molar-refractivity contribution in [2.45, 2.75) is 45.1 Å². The largest absolute Gasteiger partial charge is 0.341 e. The lowest BCUT2D eigenvalue weighted by molar-refractivity contribution is -0.133. The summed E-state index contributed by atoms with van der Waals surface area (Å²) in [6.07, 6.45) is 5.06. The number of hydrogen-bond donors (Lipinski definition) is 1. The molecule has 2 aliphatic heterocycles. The molecule has 0 bridgehead atoms. The second kappa shape index (κ2) is 6.89. The summed E-state index contributed by atoms with van der Waals surface area (Å²) in [5.74, 6) is 0.355. The fourth-order valence-electron chi connectivity index (χ4n) is 2.92. The Bertz CT molecular complexity index is 327. The van der Waals surface area contributed by atoms with Gasteiger partial charge in [-0.25, -0.2) is 0 Å². The molecule has 0 radical (unpaired) electrons. The van der Waals surface area contributed by atoms with Gasteiger partial charge < -0.3 is 15.1 Å². The second-order valence-corrected chi connectivity index (χ2v) is 5.59. The molecule has 1 N–H and O–H groups in total. The Balaban J connectivity index is 1.80. The molecule has 1 unspecified atom stereocenters. The van der Waals surface area contributed by atoms with Crippen LogP contribution in [0.4, 0.5) is 0 Å². The molecule has 0 aliphatic carbocycles. The minimum Gasteiger partial charge on any atom is -0.341 e. The number of nitrogens with zero attached hydrogens (tertiary/aromatic N) is 2. The summed E-state index contributed by atoms with van der Waals surface area (Å²) in [5, 5.41) is 3.42. The maximum atomic E-state index is 12.3. The van der Waals surface area contributed by atoms with Crippen molar-refractivity contribution in [2.24, 2.45) is 0 Å². The Morgan fingerprint density at radius 1 is 1.05 bits per heavy atom. The molecule has 0 spiro atoms. The number of carbonyl (C=O) groups excluding carboxylic acids is 2. The topological polar surface area (TPSA) is 52.7 Å². The summed E-state index contributed by atoms with van der Waals surface area (Å²) in [5.41, 5.74) is 0. The van der Waals surface area contributed by atoms with E-state index in [0.29, 0.717) is 25.6 Å². The van der Waals surface area contributed by atoms with E-state index in [2.05, 4.69) is 5.32 Å². The van der Waals surface area contributed by atoms with Gasteiger partial charge in [0.15, 0.2) is 0 Å². The average Bonchev–Trinajstić information content (AvgIpc) is 2.65. The van der Waals surface area contributed by atoms with Crippen LogP contribution in [0.25, 0.3) is 0 Å². The summed E-state index contributed by atoms with van der Waals surface area (Å²) in [7, 11) is 0. The van der Waals surface area contributed by atoms with Crippen LogP contribution in [0.3, 0.4) is 0 Å². The van der Waals surface area contributed by atoms with E-state index in [-0.39, 0.29) is 11.8 Å². The van der Waals surface area contributed by atoms with Crippen LogP contribution in [0, 0.1) is 0 Å². The summed E-state index contributed by atoms with van der Waals surface area (Å²) < 4.78 is 0. The van der Waals surface area contributed by atoms with Gasteiger partial charge in [0.1, 0.15) is 0 Å². The van der Waals surface area contributed by atoms with Gasteiger partial charge in [0, 0.05) is 45.6 Å². The minimum absolute atomic E-state index is 0.114. The SMILES string of the molecule is CC(=O)N1CCCN(C(=O)CC2CCCCN2)CC1. The highest BCUT2D eigenvalue weighted by Gasteiger charge is 2.23. The third kappa shape index (κ3) is 4.20. The van der Waals surface area contributed by atoms with Crippen molar-refractivity contribution in [2.75, 3.05) is 32.7 Å². The molecule has 1 atom stereocenters. The van der Waals surface area contributed by atoms with Crippen molar-refractivity contribution >= 4 is 11.8 Å². The highest BCUT2D eigenvalue weighted by molar-refractivity contribution is 5.77. The zero-order chi connectivity index (χ0) is 13.7.